The molecule has 0 heterocycles. The van der Waals surface area contributed by atoms with Crippen LogP contribution in [-0.4, -0.2) is 55.5 Å². The summed E-state index contributed by atoms with van der Waals surface area (Å²) < 4.78 is 4.93. The van der Waals surface area contributed by atoms with Gasteiger partial charge in [0.15, 0.2) is 0 Å². The number of nitrogens with two attached hydrogens (primary N) is 1. The second kappa shape index (κ2) is 18.6. The van der Waals surface area contributed by atoms with Crippen LogP contribution >= 0.6 is 0 Å². The molecule has 3 atom stereocenters. The van der Waals surface area contributed by atoms with Gasteiger partial charge in [0.05, 0.1) is 7.11 Å². The second-order valence-corrected chi connectivity index (χ2v) is 10.7. The standard InChI is InChI=1S/C32H46N4O5/c1-23(2)20-26(30(38)36-28(32(40)41-3)22-25-16-10-7-11-17-25)35-31(39)27(21-24-14-8-6-9-15-24)34-29(37)18-12-4-5-13-19-33/h6-11,14-17,23,26-28H,4-5,12-13,18-22,33H2,1-3H3,(H,34,37)(H,35,39)(H,36,38)/t26-,27-,28-/m0/s1. The molecule has 0 aliphatic rings. The van der Waals surface area contributed by atoms with Crippen LogP contribution in [0, 0.1) is 5.92 Å². The molecule has 2 rings (SSSR count). The zero-order chi connectivity index (χ0) is 30.0. The van der Waals surface area contributed by atoms with Gasteiger partial charge in [-0.25, -0.2) is 4.79 Å². The summed E-state index contributed by atoms with van der Waals surface area (Å²) in [4.78, 5) is 52.3. The number of amides is 3. The number of ether oxygens (including phenoxy) is 1. The number of nitrogens with one attached hydrogen (secondary N) is 3. The van der Waals surface area contributed by atoms with Gasteiger partial charge in [0.2, 0.25) is 17.7 Å². The number of rotatable bonds is 18. The molecular formula is C32H46N4O5. The number of carbonyl (C=O) groups excluding carboxylic acids is 4. The Morgan fingerprint density at radius 2 is 1.22 bits per heavy atom. The third-order valence-corrected chi connectivity index (χ3v) is 6.72. The quantitative estimate of drug-likeness (QED) is 0.162. The molecule has 2 aromatic carbocycles. The van der Waals surface area contributed by atoms with Gasteiger partial charge >= 0.3 is 5.97 Å². The Morgan fingerprint density at radius 3 is 1.76 bits per heavy atom. The number of hydrogen-bond acceptors (Lipinski definition) is 6. The van der Waals surface area contributed by atoms with E-state index in [0.29, 0.717) is 25.8 Å². The van der Waals surface area contributed by atoms with E-state index in [4.69, 9.17) is 10.5 Å². The van der Waals surface area contributed by atoms with Crippen LogP contribution in [0.15, 0.2) is 60.7 Å². The SMILES string of the molecule is COC(=O)[C@H](Cc1ccccc1)NC(=O)[C@H](CC(C)C)NC(=O)[C@H](Cc1ccccc1)NC(=O)CCCCCCN. The molecular weight excluding hydrogens is 520 g/mol. The third-order valence-electron chi connectivity index (χ3n) is 6.72. The average molecular weight is 567 g/mol. The molecule has 0 spiro atoms. The van der Waals surface area contributed by atoms with Crippen molar-refractivity contribution < 1.29 is 23.9 Å². The Morgan fingerprint density at radius 1 is 0.707 bits per heavy atom. The zero-order valence-corrected chi connectivity index (χ0v) is 24.6. The smallest absolute Gasteiger partial charge is 0.328 e. The molecule has 9 heteroatoms. The van der Waals surface area contributed by atoms with E-state index in [-0.39, 0.29) is 24.7 Å². The van der Waals surface area contributed by atoms with Crippen LogP contribution < -0.4 is 21.7 Å². The maximum absolute atomic E-state index is 13.6. The first-order valence-electron chi connectivity index (χ1n) is 14.5. The van der Waals surface area contributed by atoms with Gasteiger partial charge in [-0.05, 0) is 42.9 Å². The van der Waals surface area contributed by atoms with Gasteiger partial charge in [0.25, 0.3) is 0 Å². The van der Waals surface area contributed by atoms with Gasteiger partial charge in [-0.3, -0.25) is 14.4 Å². The number of methoxy groups -OCH3 is 1. The zero-order valence-electron chi connectivity index (χ0n) is 24.6. The van der Waals surface area contributed by atoms with E-state index in [1.807, 2.05) is 74.5 Å². The predicted octanol–water partition coefficient (Wildman–Crippen LogP) is 3.05. The van der Waals surface area contributed by atoms with Gasteiger partial charge in [0, 0.05) is 19.3 Å². The fourth-order valence-corrected chi connectivity index (χ4v) is 4.54. The monoisotopic (exact) mass is 566 g/mol. The minimum Gasteiger partial charge on any atom is -0.467 e. The van der Waals surface area contributed by atoms with Gasteiger partial charge < -0.3 is 26.4 Å². The Bertz CT molecular complexity index is 1080. The topological polar surface area (TPSA) is 140 Å². The number of carbonyl (C=O) groups is 4. The van der Waals surface area contributed by atoms with Crippen molar-refractivity contribution in [2.24, 2.45) is 11.7 Å². The van der Waals surface area contributed by atoms with Crippen molar-refractivity contribution >= 4 is 23.7 Å². The van der Waals surface area contributed by atoms with Crippen molar-refractivity contribution in [1.82, 2.24) is 16.0 Å². The van der Waals surface area contributed by atoms with E-state index in [2.05, 4.69) is 16.0 Å². The average Bonchev–Trinajstić information content (AvgIpc) is 2.96. The highest BCUT2D eigenvalue weighted by atomic mass is 16.5. The minimum absolute atomic E-state index is 0.0763. The molecule has 0 fully saturated rings. The van der Waals surface area contributed by atoms with Crippen LogP contribution in [-0.2, 0) is 36.8 Å². The van der Waals surface area contributed by atoms with Crippen molar-refractivity contribution in [3.8, 4) is 0 Å². The van der Waals surface area contributed by atoms with Crippen LogP contribution in [0.3, 0.4) is 0 Å². The maximum atomic E-state index is 13.6. The number of unbranched alkanes of at least 4 members (excludes halogenated alkanes) is 3. The van der Waals surface area contributed by atoms with Gasteiger partial charge in [-0.1, -0.05) is 87.4 Å². The Kier molecular flexibility index (Phi) is 15.2. The largest absolute Gasteiger partial charge is 0.467 e. The van der Waals surface area contributed by atoms with Crippen molar-refractivity contribution in [2.45, 2.75) is 83.3 Å². The second-order valence-electron chi connectivity index (χ2n) is 10.7. The van der Waals surface area contributed by atoms with E-state index in [0.717, 1.165) is 30.4 Å². The summed E-state index contributed by atoms with van der Waals surface area (Å²) in [7, 11) is 1.27. The highest BCUT2D eigenvalue weighted by molar-refractivity contribution is 5.93. The van der Waals surface area contributed by atoms with Gasteiger partial charge in [-0.15, -0.1) is 0 Å². The first kappa shape index (κ1) is 33.5. The lowest BCUT2D eigenvalue weighted by atomic mass is 10.00. The first-order chi connectivity index (χ1) is 19.7. The molecule has 0 radical (unpaired) electrons. The molecule has 0 bridgehead atoms. The summed E-state index contributed by atoms with van der Waals surface area (Å²) >= 11 is 0. The summed E-state index contributed by atoms with van der Waals surface area (Å²) in [6.45, 7) is 4.52. The van der Waals surface area contributed by atoms with Crippen molar-refractivity contribution in [3.63, 3.8) is 0 Å². The summed E-state index contributed by atoms with van der Waals surface area (Å²) in [5.74, 6) is -1.65. The molecule has 3 amide bonds. The van der Waals surface area contributed by atoms with E-state index in [1.165, 1.54) is 7.11 Å². The molecule has 0 aliphatic carbocycles. The van der Waals surface area contributed by atoms with Crippen LogP contribution in [0.2, 0.25) is 0 Å². The van der Waals surface area contributed by atoms with Crippen LogP contribution in [0.4, 0.5) is 0 Å². The number of benzene rings is 2. The highest BCUT2D eigenvalue weighted by Gasteiger charge is 2.30. The lowest BCUT2D eigenvalue weighted by Crippen LogP contribution is -2.56. The molecule has 2 aromatic rings. The number of hydrogen-bond donors (Lipinski definition) is 4. The van der Waals surface area contributed by atoms with Gasteiger partial charge in [0.1, 0.15) is 18.1 Å². The van der Waals surface area contributed by atoms with Crippen molar-refractivity contribution in [2.75, 3.05) is 13.7 Å². The van der Waals surface area contributed by atoms with E-state index in [1.54, 1.807) is 0 Å². The third kappa shape index (κ3) is 13.0. The van der Waals surface area contributed by atoms with Crippen molar-refractivity contribution in [1.29, 1.82) is 0 Å². The molecule has 224 valence electrons. The van der Waals surface area contributed by atoms with E-state index < -0.39 is 35.9 Å². The molecule has 0 saturated heterocycles. The van der Waals surface area contributed by atoms with Crippen LogP contribution in [0.5, 0.6) is 0 Å². The summed E-state index contributed by atoms with van der Waals surface area (Å²) in [5.41, 5.74) is 7.29. The van der Waals surface area contributed by atoms with E-state index in [9.17, 15) is 19.2 Å². The summed E-state index contributed by atoms with van der Waals surface area (Å²) in [6.07, 6.45) is 4.66. The molecule has 9 nitrogen and oxygen atoms in total. The van der Waals surface area contributed by atoms with Gasteiger partial charge in [-0.2, -0.15) is 0 Å². The minimum atomic E-state index is -0.916. The maximum Gasteiger partial charge on any atom is 0.328 e. The number of esters is 1. The Hall–Kier alpha value is -3.72. The molecule has 0 saturated carbocycles. The highest BCUT2D eigenvalue weighted by Crippen LogP contribution is 2.11. The summed E-state index contributed by atoms with van der Waals surface area (Å²) in [6, 6.07) is 16.0. The normalized spacial score (nSPS) is 13.1. The fraction of sp³-hybridized carbons (Fsp3) is 0.500. The van der Waals surface area contributed by atoms with Crippen molar-refractivity contribution in [3.05, 3.63) is 71.8 Å². The molecule has 0 aliphatic heterocycles. The summed E-state index contributed by atoms with van der Waals surface area (Å²) in [5, 5.41) is 8.50. The predicted molar refractivity (Wildman–Crippen MR) is 160 cm³/mol. The molecule has 0 unspecified atom stereocenters. The first-order valence-corrected chi connectivity index (χ1v) is 14.5. The van der Waals surface area contributed by atoms with Crippen LogP contribution in [0.1, 0.15) is 63.5 Å². The molecule has 0 aromatic heterocycles. The van der Waals surface area contributed by atoms with Crippen LogP contribution in [0.25, 0.3) is 0 Å². The fourth-order valence-electron chi connectivity index (χ4n) is 4.54. The lowest BCUT2D eigenvalue weighted by molar-refractivity contribution is -0.145. The van der Waals surface area contributed by atoms with E-state index >= 15 is 0 Å². The lowest BCUT2D eigenvalue weighted by Gasteiger charge is -2.26. The molecule has 41 heavy (non-hydrogen) atoms. The Labute approximate surface area is 244 Å². The Balaban J connectivity index is 2.15. The molecule has 5 N–H and O–H groups in total.